The summed E-state index contributed by atoms with van der Waals surface area (Å²) in [6.07, 6.45) is 0.981. The number of likely N-dealkylation sites (N-methyl/N-ethyl adjacent to an activating group) is 1. The summed E-state index contributed by atoms with van der Waals surface area (Å²) >= 11 is 3.49. The third-order valence-electron chi connectivity index (χ3n) is 1.86. The highest BCUT2D eigenvalue weighted by Gasteiger charge is 2.07. The molecule has 0 aromatic carbocycles. The van der Waals surface area contributed by atoms with Crippen LogP contribution in [0.2, 0.25) is 0 Å². The molecule has 0 saturated carbocycles. The maximum absolute atomic E-state index is 4.48. The average molecular weight is 246 g/mol. The van der Waals surface area contributed by atoms with Gasteiger partial charge in [-0.25, -0.2) is 0 Å². The average Bonchev–Trinajstić information content (AvgIpc) is 2.43. The lowest BCUT2D eigenvalue weighted by atomic mass is 10.3. The molecule has 0 spiro atoms. The first kappa shape index (κ1) is 10.7. The van der Waals surface area contributed by atoms with Gasteiger partial charge in [-0.15, -0.1) is 0 Å². The molecule has 1 rings (SSSR count). The second-order valence-corrected chi connectivity index (χ2v) is 4.16. The summed E-state index contributed by atoms with van der Waals surface area (Å²) in [7, 11) is 1.95. The molecule has 0 aliphatic heterocycles. The Hall–Kier alpha value is -0.350. The quantitative estimate of drug-likeness (QED) is 0.880. The second kappa shape index (κ2) is 4.77. The molecule has 0 atom stereocenters. The van der Waals surface area contributed by atoms with Crippen LogP contribution in [0, 0.1) is 0 Å². The number of halogens is 1. The van der Waals surface area contributed by atoms with Crippen molar-refractivity contribution in [1.82, 2.24) is 15.1 Å². The lowest BCUT2D eigenvalue weighted by Gasteiger charge is -2.05. The van der Waals surface area contributed by atoms with Crippen molar-refractivity contribution in [2.75, 3.05) is 13.6 Å². The lowest BCUT2D eigenvalue weighted by Crippen LogP contribution is -2.11. The fourth-order valence-corrected chi connectivity index (χ4v) is 1.91. The Labute approximate surface area is 87.6 Å². The topological polar surface area (TPSA) is 29.9 Å². The molecule has 0 amide bonds. The minimum absolute atomic E-state index is 0.415. The molecule has 13 heavy (non-hydrogen) atoms. The Bertz CT molecular complexity index is 268. The van der Waals surface area contributed by atoms with Crippen LogP contribution >= 0.6 is 15.9 Å². The van der Waals surface area contributed by atoms with Crippen LogP contribution in [0.15, 0.2) is 10.7 Å². The molecule has 1 N–H and O–H groups in total. The summed E-state index contributed by atoms with van der Waals surface area (Å²) < 4.78 is 3.05. The SMILES string of the molecule is CNCCc1cc(Br)n(C(C)C)n1. The van der Waals surface area contributed by atoms with Gasteiger partial charge in [0.1, 0.15) is 4.60 Å². The first-order chi connectivity index (χ1) is 6.15. The van der Waals surface area contributed by atoms with Crippen LogP contribution in [-0.4, -0.2) is 23.4 Å². The van der Waals surface area contributed by atoms with Crippen molar-refractivity contribution >= 4 is 15.9 Å². The minimum Gasteiger partial charge on any atom is -0.319 e. The molecule has 1 heterocycles. The minimum atomic E-state index is 0.415. The Morgan fingerprint density at radius 1 is 1.62 bits per heavy atom. The molecule has 0 bridgehead atoms. The highest BCUT2D eigenvalue weighted by atomic mass is 79.9. The number of aromatic nitrogens is 2. The number of hydrogen-bond donors (Lipinski definition) is 1. The molecule has 0 aliphatic rings. The molecule has 0 saturated heterocycles. The Morgan fingerprint density at radius 2 is 2.31 bits per heavy atom. The molecule has 74 valence electrons. The van der Waals surface area contributed by atoms with E-state index in [1.807, 2.05) is 11.7 Å². The van der Waals surface area contributed by atoms with E-state index < -0.39 is 0 Å². The van der Waals surface area contributed by atoms with Gasteiger partial charge in [-0.2, -0.15) is 5.10 Å². The summed E-state index contributed by atoms with van der Waals surface area (Å²) in [6.45, 7) is 5.22. The fraction of sp³-hybridized carbons (Fsp3) is 0.667. The van der Waals surface area contributed by atoms with Crippen LogP contribution < -0.4 is 5.32 Å². The fourth-order valence-electron chi connectivity index (χ4n) is 1.16. The Morgan fingerprint density at radius 3 is 2.77 bits per heavy atom. The number of nitrogens with one attached hydrogen (secondary N) is 1. The smallest absolute Gasteiger partial charge is 0.104 e. The standard InChI is InChI=1S/C9H16BrN3/c1-7(2)13-9(10)6-8(12-13)4-5-11-3/h6-7,11H,4-5H2,1-3H3. The maximum Gasteiger partial charge on any atom is 0.104 e. The zero-order chi connectivity index (χ0) is 9.84. The van der Waals surface area contributed by atoms with Crippen LogP contribution in [0.1, 0.15) is 25.6 Å². The van der Waals surface area contributed by atoms with E-state index in [4.69, 9.17) is 0 Å². The van der Waals surface area contributed by atoms with Crippen molar-refractivity contribution in [3.63, 3.8) is 0 Å². The predicted molar refractivity (Wildman–Crippen MR) is 57.9 cm³/mol. The van der Waals surface area contributed by atoms with Gasteiger partial charge in [0.05, 0.1) is 5.69 Å². The van der Waals surface area contributed by atoms with E-state index in [-0.39, 0.29) is 0 Å². The maximum atomic E-state index is 4.48. The van der Waals surface area contributed by atoms with E-state index in [1.54, 1.807) is 0 Å². The Balaban J connectivity index is 2.71. The molecular weight excluding hydrogens is 230 g/mol. The molecule has 0 aliphatic carbocycles. The van der Waals surface area contributed by atoms with E-state index in [0.29, 0.717) is 6.04 Å². The van der Waals surface area contributed by atoms with E-state index in [0.717, 1.165) is 23.3 Å². The van der Waals surface area contributed by atoms with Gasteiger partial charge >= 0.3 is 0 Å². The predicted octanol–water partition coefficient (Wildman–Crippen LogP) is 1.99. The molecule has 0 radical (unpaired) electrons. The summed E-state index contributed by atoms with van der Waals surface area (Å²) in [5.41, 5.74) is 1.13. The zero-order valence-electron chi connectivity index (χ0n) is 8.34. The zero-order valence-corrected chi connectivity index (χ0v) is 9.93. The summed E-state index contributed by atoms with van der Waals surface area (Å²) in [5.74, 6) is 0. The van der Waals surface area contributed by atoms with Gasteiger partial charge in [0.15, 0.2) is 0 Å². The van der Waals surface area contributed by atoms with Crippen molar-refractivity contribution < 1.29 is 0 Å². The third kappa shape index (κ3) is 2.81. The van der Waals surface area contributed by atoms with Crippen molar-refractivity contribution in [2.24, 2.45) is 0 Å². The van der Waals surface area contributed by atoms with Crippen LogP contribution in [0.25, 0.3) is 0 Å². The van der Waals surface area contributed by atoms with Crippen molar-refractivity contribution in [3.8, 4) is 0 Å². The summed E-state index contributed by atoms with van der Waals surface area (Å²) in [4.78, 5) is 0. The van der Waals surface area contributed by atoms with Gasteiger partial charge in [0, 0.05) is 19.0 Å². The second-order valence-electron chi connectivity index (χ2n) is 3.35. The molecule has 4 heteroatoms. The summed E-state index contributed by atoms with van der Waals surface area (Å²) in [6, 6.07) is 2.50. The van der Waals surface area contributed by atoms with Crippen molar-refractivity contribution in [3.05, 3.63) is 16.4 Å². The van der Waals surface area contributed by atoms with Gasteiger partial charge in [-0.3, -0.25) is 4.68 Å². The molecule has 3 nitrogen and oxygen atoms in total. The van der Waals surface area contributed by atoms with Crippen LogP contribution in [-0.2, 0) is 6.42 Å². The number of hydrogen-bond acceptors (Lipinski definition) is 2. The molecule has 1 aromatic rings. The van der Waals surface area contributed by atoms with Gasteiger partial charge in [0.2, 0.25) is 0 Å². The van der Waals surface area contributed by atoms with E-state index in [2.05, 4.69) is 46.3 Å². The third-order valence-corrected chi connectivity index (χ3v) is 2.45. The van der Waals surface area contributed by atoms with Gasteiger partial charge in [-0.1, -0.05) is 0 Å². The van der Waals surface area contributed by atoms with E-state index in [1.165, 1.54) is 0 Å². The molecule has 1 aromatic heterocycles. The van der Waals surface area contributed by atoms with Gasteiger partial charge in [0.25, 0.3) is 0 Å². The largest absolute Gasteiger partial charge is 0.319 e. The number of nitrogens with zero attached hydrogens (tertiary/aromatic N) is 2. The van der Waals surface area contributed by atoms with E-state index in [9.17, 15) is 0 Å². The number of rotatable bonds is 4. The first-order valence-corrected chi connectivity index (χ1v) is 5.33. The van der Waals surface area contributed by atoms with E-state index >= 15 is 0 Å². The van der Waals surface area contributed by atoms with Crippen LogP contribution in [0.3, 0.4) is 0 Å². The molecule has 0 fully saturated rings. The highest BCUT2D eigenvalue weighted by Crippen LogP contribution is 2.16. The Kier molecular flexibility index (Phi) is 3.93. The molecular formula is C9H16BrN3. The van der Waals surface area contributed by atoms with Crippen molar-refractivity contribution in [2.45, 2.75) is 26.3 Å². The van der Waals surface area contributed by atoms with Crippen LogP contribution in [0.5, 0.6) is 0 Å². The summed E-state index contributed by atoms with van der Waals surface area (Å²) in [5, 5.41) is 7.59. The highest BCUT2D eigenvalue weighted by molar-refractivity contribution is 9.10. The molecule has 0 unspecified atom stereocenters. The van der Waals surface area contributed by atoms with Crippen LogP contribution in [0.4, 0.5) is 0 Å². The monoisotopic (exact) mass is 245 g/mol. The first-order valence-electron chi connectivity index (χ1n) is 4.53. The van der Waals surface area contributed by atoms with Gasteiger partial charge in [-0.05, 0) is 42.9 Å². The van der Waals surface area contributed by atoms with Gasteiger partial charge < -0.3 is 5.32 Å². The normalized spacial score (nSPS) is 11.2. The lowest BCUT2D eigenvalue weighted by molar-refractivity contribution is 0.515. The van der Waals surface area contributed by atoms with Crippen molar-refractivity contribution in [1.29, 1.82) is 0 Å².